The van der Waals surface area contributed by atoms with Gasteiger partial charge in [0, 0.05) is 35.9 Å². The molecule has 2 N–H and O–H groups in total. The fraction of sp³-hybridized carbons (Fsp3) is 0.722. The van der Waals surface area contributed by atoms with E-state index in [-0.39, 0.29) is 11.7 Å². The summed E-state index contributed by atoms with van der Waals surface area (Å²) in [5.74, 6) is 3.07. The molecule has 4 nitrogen and oxygen atoms in total. The highest BCUT2D eigenvalue weighted by Gasteiger charge is 2.37. The highest BCUT2D eigenvalue weighted by atomic mass is 32.2. The molecule has 3 heterocycles. The molecule has 1 saturated heterocycles. The number of aliphatic hydroxyl groups excluding tert-OH is 1. The number of unbranched alkanes of at least 4 members (excludes halogenated alkanes) is 1. The van der Waals surface area contributed by atoms with E-state index in [4.69, 9.17) is 0 Å². The number of rotatable bonds is 7. The molecule has 3 rings (SSSR count). The van der Waals surface area contributed by atoms with Gasteiger partial charge in [-0.3, -0.25) is 4.79 Å². The number of likely N-dealkylation sites (tertiary alicyclic amines) is 1. The Bertz CT molecular complexity index is 574. The molecule has 2 aliphatic rings. The summed E-state index contributed by atoms with van der Waals surface area (Å²) in [5.41, 5.74) is 1.35. The maximum atomic E-state index is 12.0. The van der Waals surface area contributed by atoms with Gasteiger partial charge in [-0.2, -0.15) is 11.8 Å². The Kier molecular flexibility index (Phi) is 5.83. The highest BCUT2D eigenvalue weighted by molar-refractivity contribution is 7.99. The predicted molar refractivity (Wildman–Crippen MR) is 95.4 cm³/mol. The van der Waals surface area contributed by atoms with Gasteiger partial charge in [0.15, 0.2) is 0 Å². The molecule has 0 aromatic carbocycles. The van der Waals surface area contributed by atoms with Crippen LogP contribution in [0.2, 0.25) is 0 Å². The second-order valence-corrected chi connectivity index (χ2v) is 8.29. The van der Waals surface area contributed by atoms with Gasteiger partial charge in [0.25, 0.3) is 5.56 Å². The zero-order valence-corrected chi connectivity index (χ0v) is 14.9. The first-order valence-corrected chi connectivity index (χ1v) is 10.1. The van der Waals surface area contributed by atoms with Gasteiger partial charge in [-0.15, -0.1) is 0 Å². The van der Waals surface area contributed by atoms with Gasteiger partial charge < -0.3 is 14.6 Å². The number of hydrogen-bond acceptors (Lipinski definition) is 3. The first-order valence-electron chi connectivity index (χ1n) is 8.96. The zero-order valence-electron chi connectivity index (χ0n) is 14.0. The minimum absolute atomic E-state index is 0.146. The molecule has 0 saturated carbocycles. The van der Waals surface area contributed by atoms with Crippen LogP contribution in [0.4, 0.5) is 0 Å². The molecule has 1 fully saturated rings. The lowest BCUT2D eigenvalue weighted by atomic mass is 9.83. The second kappa shape index (κ2) is 7.86. The van der Waals surface area contributed by atoms with E-state index in [1.165, 1.54) is 29.9 Å². The van der Waals surface area contributed by atoms with Crippen LogP contribution < -0.4 is 10.5 Å². The molecule has 1 aromatic heterocycles. The van der Waals surface area contributed by atoms with E-state index >= 15 is 0 Å². The molecule has 0 spiro atoms. The Morgan fingerprint density at radius 3 is 3.13 bits per heavy atom. The lowest BCUT2D eigenvalue weighted by molar-refractivity contribution is -0.913. The van der Waals surface area contributed by atoms with Crippen molar-refractivity contribution in [1.82, 2.24) is 4.57 Å². The van der Waals surface area contributed by atoms with Crippen LogP contribution in [0.5, 0.6) is 0 Å². The summed E-state index contributed by atoms with van der Waals surface area (Å²) < 4.78 is 1.98. The average Bonchev–Trinajstić information content (AvgIpc) is 2.53. The van der Waals surface area contributed by atoms with Crippen LogP contribution in [-0.4, -0.2) is 46.9 Å². The second-order valence-electron chi connectivity index (χ2n) is 7.14. The molecular formula is C18H29N2O2S+. The van der Waals surface area contributed by atoms with Crippen molar-refractivity contribution >= 4 is 11.8 Å². The van der Waals surface area contributed by atoms with E-state index in [2.05, 4.69) is 13.0 Å². The van der Waals surface area contributed by atoms with Crippen LogP contribution in [0, 0.1) is 5.92 Å². The van der Waals surface area contributed by atoms with Gasteiger partial charge in [-0.1, -0.05) is 19.4 Å². The van der Waals surface area contributed by atoms with Gasteiger partial charge in [-0.25, -0.2) is 0 Å². The number of nitrogens with zero attached hydrogens (tertiary/aromatic N) is 1. The molecule has 0 aliphatic carbocycles. The molecule has 1 unspecified atom stereocenters. The Hall–Kier alpha value is -0.780. The SMILES string of the molecule is CCCCSC[C@@H](O)C[NH+]1C[C@@H]2C[C@H](C1)c1cccc(=O)n1C2. The topological polar surface area (TPSA) is 46.7 Å². The number of piperidine rings is 1. The van der Waals surface area contributed by atoms with E-state index in [0.717, 1.165) is 37.7 Å². The molecule has 5 heteroatoms. The fourth-order valence-corrected chi connectivity index (χ4v) is 5.19. The first kappa shape index (κ1) is 17.1. The summed E-state index contributed by atoms with van der Waals surface area (Å²) in [6, 6.07) is 5.68. The minimum Gasteiger partial charge on any atom is -0.386 e. The number of nitrogens with one attached hydrogen (secondary N) is 1. The van der Waals surface area contributed by atoms with Crippen molar-refractivity contribution in [2.45, 2.75) is 44.8 Å². The van der Waals surface area contributed by atoms with E-state index in [1.54, 1.807) is 6.07 Å². The lowest BCUT2D eigenvalue weighted by Gasteiger charge is -2.40. The van der Waals surface area contributed by atoms with Crippen LogP contribution in [0.3, 0.4) is 0 Å². The van der Waals surface area contributed by atoms with Crippen LogP contribution in [0.15, 0.2) is 23.0 Å². The lowest BCUT2D eigenvalue weighted by Crippen LogP contribution is -3.15. The Morgan fingerprint density at radius 2 is 2.30 bits per heavy atom. The Labute approximate surface area is 142 Å². The van der Waals surface area contributed by atoms with Crippen molar-refractivity contribution in [3.05, 3.63) is 34.2 Å². The maximum absolute atomic E-state index is 12.0. The number of aliphatic hydroxyl groups is 1. The number of pyridine rings is 1. The van der Waals surface area contributed by atoms with Crippen molar-refractivity contribution in [2.24, 2.45) is 5.92 Å². The third-order valence-corrected chi connectivity index (χ3v) is 6.35. The van der Waals surface area contributed by atoms with Gasteiger partial charge in [0.05, 0.1) is 13.1 Å². The van der Waals surface area contributed by atoms with E-state index in [0.29, 0.717) is 11.8 Å². The van der Waals surface area contributed by atoms with Gasteiger partial charge in [0.2, 0.25) is 0 Å². The summed E-state index contributed by atoms with van der Waals surface area (Å²) in [5, 5.41) is 10.3. The number of hydrogen-bond donors (Lipinski definition) is 2. The minimum atomic E-state index is -0.205. The normalized spacial score (nSPS) is 27.5. The van der Waals surface area contributed by atoms with Gasteiger partial charge in [-0.05, 0) is 24.7 Å². The van der Waals surface area contributed by atoms with E-state index in [9.17, 15) is 9.90 Å². The van der Waals surface area contributed by atoms with E-state index < -0.39 is 0 Å². The Balaban J connectivity index is 1.56. The third-order valence-electron chi connectivity index (χ3n) is 5.15. The van der Waals surface area contributed by atoms with Crippen LogP contribution in [0.1, 0.15) is 37.8 Å². The number of thioether (sulfide) groups is 1. The number of quaternary nitrogens is 1. The molecule has 4 atom stereocenters. The molecule has 0 amide bonds. The quantitative estimate of drug-likeness (QED) is 0.722. The summed E-state index contributed by atoms with van der Waals surface area (Å²) in [7, 11) is 0. The van der Waals surface area contributed by atoms with E-state index in [1.807, 2.05) is 22.4 Å². The van der Waals surface area contributed by atoms with Crippen molar-refractivity contribution in [2.75, 3.05) is 31.1 Å². The largest absolute Gasteiger partial charge is 0.386 e. The number of fused-ring (bicyclic) bond motifs is 4. The summed E-state index contributed by atoms with van der Waals surface area (Å²) in [6.07, 6.45) is 3.46. The molecule has 0 radical (unpaired) electrons. The van der Waals surface area contributed by atoms with Crippen molar-refractivity contribution in [1.29, 1.82) is 0 Å². The first-order chi connectivity index (χ1) is 11.2. The maximum Gasteiger partial charge on any atom is 0.250 e. The standard InChI is InChI=1S/C18H28N2O2S/c1-2-3-7-23-13-16(21)12-19-9-14-8-15(11-19)17-5-4-6-18(22)20(17)10-14/h4-6,14-16,21H,2-3,7-13H2,1H3/p+1/t14-,15+,16-/m0/s1. The summed E-state index contributed by atoms with van der Waals surface area (Å²) >= 11 is 1.88. The molecule has 2 aliphatic heterocycles. The zero-order chi connectivity index (χ0) is 16.2. The third kappa shape index (κ3) is 4.20. The number of aromatic nitrogens is 1. The fourth-order valence-electron chi connectivity index (χ4n) is 4.14. The van der Waals surface area contributed by atoms with Crippen LogP contribution in [-0.2, 0) is 6.54 Å². The van der Waals surface area contributed by atoms with Crippen LogP contribution >= 0.6 is 11.8 Å². The van der Waals surface area contributed by atoms with Crippen molar-refractivity contribution in [3.63, 3.8) is 0 Å². The smallest absolute Gasteiger partial charge is 0.250 e. The highest BCUT2D eigenvalue weighted by Crippen LogP contribution is 2.29. The summed E-state index contributed by atoms with van der Waals surface area (Å²) in [4.78, 5) is 13.6. The molecule has 23 heavy (non-hydrogen) atoms. The molecule has 1 aromatic rings. The van der Waals surface area contributed by atoms with Gasteiger partial charge >= 0.3 is 0 Å². The van der Waals surface area contributed by atoms with Gasteiger partial charge in [0.1, 0.15) is 12.6 Å². The average molecular weight is 338 g/mol. The van der Waals surface area contributed by atoms with Crippen LogP contribution in [0.25, 0.3) is 0 Å². The van der Waals surface area contributed by atoms with Crippen molar-refractivity contribution < 1.29 is 10.0 Å². The predicted octanol–water partition coefficient (Wildman–Crippen LogP) is 0.745. The summed E-state index contributed by atoms with van der Waals surface area (Å²) in [6.45, 7) is 6.06. The van der Waals surface area contributed by atoms with Crippen molar-refractivity contribution in [3.8, 4) is 0 Å². The monoisotopic (exact) mass is 337 g/mol. The molecule has 2 bridgehead atoms. The molecule has 128 valence electrons. The Morgan fingerprint density at radius 1 is 1.43 bits per heavy atom. The molecular weight excluding hydrogens is 308 g/mol.